The number of hydrogen-bond acceptors (Lipinski definition) is 2. The lowest BCUT2D eigenvalue weighted by atomic mass is 9.99. The Hall–Kier alpha value is -1.70. The van der Waals surface area contributed by atoms with Crippen molar-refractivity contribution in [3.8, 4) is 0 Å². The summed E-state index contributed by atoms with van der Waals surface area (Å²) < 4.78 is 0. The maximum atomic E-state index is 6.24. The van der Waals surface area contributed by atoms with Crippen LogP contribution in [0.1, 0.15) is 38.2 Å². The Morgan fingerprint density at radius 3 is 2.56 bits per heavy atom. The second kappa shape index (κ2) is 5.76. The van der Waals surface area contributed by atoms with E-state index < -0.39 is 0 Å². The Kier molecular flexibility index (Phi) is 4.08. The average molecular weight is 242 g/mol. The number of anilines is 2. The SMILES string of the molecule is CCCCCCc1ccc2cc(N)ccc2c1N. The van der Waals surface area contributed by atoms with Gasteiger partial charge < -0.3 is 11.5 Å². The van der Waals surface area contributed by atoms with E-state index >= 15 is 0 Å². The molecule has 0 aliphatic heterocycles. The molecule has 0 aliphatic carbocycles. The summed E-state index contributed by atoms with van der Waals surface area (Å²) in [6, 6.07) is 10.2. The van der Waals surface area contributed by atoms with Crippen molar-refractivity contribution >= 4 is 22.1 Å². The highest BCUT2D eigenvalue weighted by atomic mass is 14.6. The minimum absolute atomic E-state index is 0.789. The van der Waals surface area contributed by atoms with Crippen LogP contribution >= 0.6 is 0 Å². The monoisotopic (exact) mass is 242 g/mol. The summed E-state index contributed by atoms with van der Waals surface area (Å²) in [4.78, 5) is 0. The fourth-order valence-corrected chi connectivity index (χ4v) is 2.38. The number of hydrogen-bond donors (Lipinski definition) is 2. The zero-order chi connectivity index (χ0) is 13.0. The lowest BCUT2D eigenvalue weighted by molar-refractivity contribution is 0.667. The lowest BCUT2D eigenvalue weighted by Gasteiger charge is -2.09. The standard InChI is InChI=1S/C16H22N2/c1-2-3-4-5-6-12-7-8-13-11-14(17)9-10-15(13)16(12)18/h7-11H,2-6,17-18H2,1H3. The summed E-state index contributed by atoms with van der Waals surface area (Å²) in [5, 5.41) is 2.25. The van der Waals surface area contributed by atoms with Gasteiger partial charge in [0, 0.05) is 16.8 Å². The molecule has 0 aliphatic rings. The number of rotatable bonds is 5. The fourth-order valence-electron chi connectivity index (χ4n) is 2.38. The van der Waals surface area contributed by atoms with Crippen LogP contribution < -0.4 is 11.5 Å². The van der Waals surface area contributed by atoms with Crippen LogP contribution in [-0.4, -0.2) is 0 Å². The number of nitrogen functional groups attached to an aromatic ring is 2. The van der Waals surface area contributed by atoms with Gasteiger partial charge in [-0.1, -0.05) is 44.4 Å². The van der Waals surface area contributed by atoms with E-state index in [4.69, 9.17) is 11.5 Å². The third kappa shape index (κ3) is 2.76. The van der Waals surface area contributed by atoms with Gasteiger partial charge in [0.05, 0.1) is 0 Å². The van der Waals surface area contributed by atoms with Crippen molar-refractivity contribution in [2.24, 2.45) is 0 Å². The smallest absolute Gasteiger partial charge is 0.0426 e. The topological polar surface area (TPSA) is 52.0 Å². The first-order valence-electron chi connectivity index (χ1n) is 6.79. The minimum Gasteiger partial charge on any atom is -0.399 e. The first kappa shape index (κ1) is 12.7. The molecule has 0 radical (unpaired) electrons. The second-order valence-electron chi connectivity index (χ2n) is 4.93. The van der Waals surface area contributed by atoms with Crippen LogP contribution in [0.2, 0.25) is 0 Å². The molecule has 2 nitrogen and oxygen atoms in total. The Morgan fingerprint density at radius 1 is 0.944 bits per heavy atom. The first-order valence-corrected chi connectivity index (χ1v) is 6.79. The van der Waals surface area contributed by atoms with Gasteiger partial charge in [0.25, 0.3) is 0 Å². The van der Waals surface area contributed by atoms with Gasteiger partial charge in [0.1, 0.15) is 0 Å². The maximum absolute atomic E-state index is 6.24. The zero-order valence-electron chi connectivity index (χ0n) is 11.1. The molecule has 18 heavy (non-hydrogen) atoms. The Morgan fingerprint density at radius 2 is 1.78 bits per heavy atom. The van der Waals surface area contributed by atoms with Crippen LogP contribution in [0, 0.1) is 0 Å². The molecule has 0 amide bonds. The largest absolute Gasteiger partial charge is 0.399 e. The van der Waals surface area contributed by atoms with E-state index in [2.05, 4.69) is 19.1 Å². The van der Waals surface area contributed by atoms with Crippen molar-refractivity contribution in [2.75, 3.05) is 11.5 Å². The van der Waals surface area contributed by atoms with E-state index in [1.165, 1.54) is 31.2 Å². The van der Waals surface area contributed by atoms with E-state index in [-0.39, 0.29) is 0 Å². The van der Waals surface area contributed by atoms with E-state index in [0.29, 0.717) is 0 Å². The van der Waals surface area contributed by atoms with Gasteiger partial charge in [0.15, 0.2) is 0 Å². The Bertz CT molecular complexity index is 532. The number of benzene rings is 2. The van der Waals surface area contributed by atoms with E-state index in [1.807, 2.05) is 18.2 Å². The van der Waals surface area contributed by atoms with Crippen LogP contribution in [0.5, 0.6) is 0 Å². The van der Waals surface area contributed by atoms with E-state index in [1.54, 1.807) is 0 Å². The molecule has 0 bridgehead atoms. The van der Waals surface area contributed by atoms with Gasteiger partial charge >= 0.3 is 0 Å². The fraction of sp³-hybridized carbons (Fsp3) is 0.375. The van der Waals surface area contributed by atoms with Gasteiger partial charge in [-0.3, -0.25) is 0 Å². The Balaban J connectivity index is 2.19. The van der Waals surface area contributed by atoms with Crippen LogP contribution in [0.15, 0.2) is 30.3 Å². The summed E-state index contributed by atoms with van der Waals surface area (Å²) in [6.07, 6.45) is 6.16. The van der Waals surface area contributed by atoms with Gasteiger partial charge in [0.2, 0.25) is 0 Å². The molecule has 0 fully saturated rings. The molecule has 0 saturated heterocycles. The molecular formula is C16H22N2. The highest BCUT2D eigenvalue weighted by Gasteiger charge is 2.04. The normalized spacial score (nSPS) is 10.9. The second-order valence-corrected chi connectivity index (χ2v) is 4.93. The molecule has 2 aromatic rings. The highest BCUT2D eigenvalue weighted by Crippen LogP contribution is 2.27. The number of aryl methyl sites for hydroxylation is 1. The average Bonchev–Trinajstić information content (AvgIpc) is 2.37. The highest BCUT2D eigenvalue weighted by molar-refractivity contribution is 5.96. The zero-order valence-corrected chi connectivity index (χ0v) is 11.1. The summed E-state index contributed by atoms with van der Waals surface area (Å²) in [5.41, 5.74) is 15.0. The molecule has 2 rings (SSSR count). The van der Waals surface area contributed by atoms with Crippen molar-refractivity contribution in [2.45, 2.75) is 39.0 Å². The van der Waals surface area contributed by atoms with Crippen molar-refractivity contribution in [3.05, 3.63) is 35.9 Å². The third-order valence-corrected chi connectivity index (χ3v) is 3.48. The lowest BCUT2D eigenvalue weighted by Crippen LogP contribution is -1.96. The van der Waals surface area contributed by atoms with Gasteiger partial charge in [-0.2, -0.15) is 0 Å². The van der Waals surface area contributed by atoms with Crippen LogP contribution in [-0.2, 0) is 6.42 Å². The quantitative estimate of drug-likeness (QED) is 0.612. The molecular weight excluding hydrogens is 220 g/mol. The van der Waals surface area contributed by atoms with Crippen molar-refractivity contribution in [1.29, 1.82) is 0 Å². The van der Waals surface area contributed by atoms with E-state index in [9.17, 15) is 0 Å². The summed E-state index contributed by atoms with van der Waals surface area (Å²) >= 11 is 0. The predicted molar refractivity (Wildman–Crippen MR) is 80.6 cm³/mol. The van der Waals surface area contributed by atoms with Crippen molar-refractivity contribution in [1.82, 2.24) is 0 Å². The molecule has 0 atom stereocenters. The Labute approximate surface area is 109 Å². The first-order chi connectivity index (χ1) is 8.72. The summed E-state index contributed by atoms with van der Waals surface area (Å²) in [6.45, 7) is 2.23. The summed E-state index contributed by atoms with van der Waals surface area (Å²) in [7, 11) is 0. The molecule has 0 aromatic heterocycles. The molecule has 0 saturated carbocycles. The molecule has 0 heterocycles. The number of fused-ring (bicyclic) bond motifs is 1. The molecule has 2 heteroatoms. The van der Waals surface area contributed by atoms with Crippen LogP contribution in [0.4, 0.5) is 11.4 Å². The minimum atomic E-state index is 0.789. The third-order valence-electron chi connectivity index (χ3n) is 3.48. The van der Waals surface area contributed by atoms with E-state index in [0.717, 1.165) is 28.6 Å². The van der Waals surface area contributed by atoms with Crippen molar-refractivity contribution in [3.63, 3.8) is 0 Å². The molecule has 2 aromatic carbocycles. The molecule has 96 valence electrons. The van der Waals surface area contributed by atoms with Crippen molar-refractivity contribution < 1.29 is 0 Å². The van der Waals surface area contributed by atoms with Gasteiger partial charge in [-0.15, -0.1) is 0 Å². The van der Waals surface area contributed by atoms with Gasteiger partial charge in [-0.25, -0.2) is 0 Å². The predicted octanol–water partition coefficient (Wildman–Crippen LogP) is 4.13. The number of unbranched alkanes of at least 4 members (excludes halogenated alkanes) is 3. The maximum Gasteiger partial charge on any atom is 0.0426 e. The van der Waals surface area contributed by atoms with Gasteiger partial charge in [-0.05, 0) is 35.9 Å². The molecule has 0 unspecified atom stereocenters. The molecule has 0 spiro atoms. The summed E-state index contributed by atoms with van der Waals surface area (Å²) in [5.74, 6) is 0. The number of nitrogens with two attached hydrogens (primary N) is 2. The van der Waals surface area contributed by atoms with Crippen LogP contribution in [0.25, 0.3) is 10.8 Å². The van der Waals surface area contributed by atoms with Crippen LogP contribution in [0.3, 0.4) is 0 Å². The molecule has 4 N–H and O–H groups in total.